The van der Waals surface area contributed by atoms with E-state index in [-0.39, 0.29) is 0 Å². The predicted octanol–water partition coefficient (Wildman–Crippen LogP) is 4.53. The van der Waals surface area contributed by atoms with E-state index in [9.17, 15) is 0 Å². The Morgan fingerprint density at radius 3 is 2.56 bits per heavy atom. The van der Waals surface area contributed by atoms with Crippen LogP contribution in [0.25, 0.3) is 10.9 Å². The number of hydrogen-bond donors (Lipinski definition) is 0. The van der Waals surface area contributed by atoms with Crippen LogP contribution in [0.1, 0.15) is 5.56 Å². The SMILES string of the molecule is c1ccc(SCc2cccc3cccnc23)cc1. The van der Waals surface area contributed by atoms with E-state index in [2.05, 4.69) is 53.5 Å². The van der Waals surface area contributed by atoms with E-state index >= 15 is 0 Å². The van der Waals surface area contributed by atoms with Crippen molar-refractivity contribution in [2.24, 2.45) is 0 Å². The number of nitrogens with zero attached hydrogens (tertiary/aromatic N) is 1. The smallest absolute Gasteiger partial charge is 0.0742 e. The molecule has 1 nitrogen and oxygen atoms in total. The van der Waals surface area contributed by atoms with E-state index in [1.54, 1.807) is 0 Å². The van der Waals surface area contributed by atoms with Crippen LogP contribution < -0.4 is 0 Å². The third-order valence-electron chi connectivity index (χ3n) is 2.85. The minimum Gasteiger partial charge on any atom is -0.256 e. The van der Waals surface area contributed by atoms with Gasteiger partial charge in [0.05, 0.1) is 5.52 Å². The second-order valence-corrected chi connectivity index (χ2v) is 5.14. The fourth-order valence-corrected chi connectivity index (χ4v) is 2.87. The highest BCUT2D eigenvalue weighted by atomic mass is 32.2. The molecule has 0 fully saturated rings. The van der Waals surface area contributed by atoms with Crippen LogP contribution in [-0.2, 0) is 5.75 Å². The first-order valence-electron chi connectivity index (χ1n) is 5.94. The van der Waals surface area contributed by atoms with Gasteiger partial charge >= 0.3 is 0 Å². The molecular weight excluding hydrogens is 238 g/mol. The molecule has 2 aromatic carbocycles. The van der Waals surface area contributed by atoms with Gasteiger partial charge in [-0.05, 0) is 23.8 Å². The molecule has 0 saturated carbocycles. The molecule has 3 aromatic rings. The molecule has 0 aliphatic rings. The largest absolute Gasteiger partial charge is 0.256 e. The molecular formula is C16H13NS. The molecule has 0 aliphatic heterocycles. The standard InChI is InChI=1S/C16H13NS/c1-2-9-15(10-3-1)18-12-14-7-4-6-13-8-5-11-17-16(13)14/h1-11H,12H2. The molecule has 0 amide bonds. The molecule has 18 heavy (non-hydrogen) atoms. The van der Waals surface area contributed by atoms with Crippen molar-refractivity contribution in [1.29, 1.82) is 0 Å². The molecule has 3 rings (SSSR count). The Morgan fingerprint density at radius 1 is 0.833 bits per heavy atom. The Labute approximate surface area is 111 Å². The van der Waals surface area contributed by atoms with Gasteiger partial charge in [-0.1, -0.05) is 42.5 Å². The second kappa shape index (κ2) is 5.23. The van der Waals surface area contributed by atoms with Gasteiger partial charge < -0.3 is 0 Å². The number of fused-ring (bicyclic) bond motifs is 1. The molecule has 0 radical (unpaired) electrons. The van der Waals surface area contributed by atoms with E-state index in [1.807, 2.05) is 30.1 Å². The fraction of sp³-hybridized carbons (Fsp3) is 0.0625. The first-order chi connectivity index (χ1) is 8.93. The Hall–Kier alpha value is -1.80. The van der Waals surface area contributed by atoms with E-state index in [1.165, 1.54) is 15.8 Å². The highest BCUT2D eigenvalue weighted by Crippen LogP contribution is 2.25. The predicted molar refractivity (Wildman–Crippen MR) is 77.7 cm³/mol. The number of rotatable bonds is 3. The van der Waals surface area contributed by atoms with Crippen LogP contribution >= 0.6 is 11.8 Å². The minimum absolute atomic E-state index is 0.957. The van der Waals surface area contributed by atoms with Crippen molar-refractivity contribution in [3.05, 3.63) is 72.4 Å². The minimum atomic E-state index is 0.957. The molecule has 0 spiro atoms. The lowest BCUT2D eigenvalue weighted by molar-refractivity contribution is 1.34. The molecule has 88 valence electrons. The average molecular weight is 251 g/mol. The number of thioether (sulfide) groups is 1. The number of pyridine rings is 1. The summed E-state index contributed by atoms with van der Waals surface area (Å²) in [5.41, 5.74) is 2.41. The number of aromatic nitrogens is 1. The Kier molecular flexibility index (Phi) is 3.29. The van der Waals surface area contributed by atoms with Crippen molar-refractivity contribution in [2.45, 2.75) is 10.6 Å². The van der Waals surface area contributed by atoms with Crippen LogP contribution in [0.15, 0.2) is 71.8 Å². The molecule has 0 N–H and O–H groups in total. The molecule has 1 aromatic heterocycles. The zero-order valence-electron chi connectivity index (χ0n) is 9.91. The van der Waals surface area contributed by atoms with Gasteiger partial charge in [0, 0.05) is 22.2 Å². The van der Waals surface area contributed by atoms with Gasteiger partial charge in [-0.2, -0.15) is 0 Å². The number of para-hydroxylation sites is 1. The van der Waals surface area contributed by atoms with Gasteiger partial charge in [0.1, 0.15) is 0 Å². The fourth-order valence-electron chi connectivity index (χ4n) is 1.96. The maximum Gasteiger partial charge on any atom is 0.0742 e. The van der Waals surface area contributed by atoms with Crippen LogP contribution in [-0.4, -0.2) is 4.98 Å². The molecule has 0 aliphatic carbocycles. The van der Waals surface area contributed by atoms with Gasteiger partial charge in [-0.25, -0.2) is 0 Å². The summed E-state index contributed by atoms with van der Waals surface area (Å²) in [7, 11) is 0. The van der Waals surface area contributed by atoms with Crippen molar-refractivity contribution in [2.75, 3.05) is 0 Å². The second-order valence-electron chi connectivity index (χ2n) is 4.09. The van der Waals surface area contributed by atoms with Crippen LogP contribution in [0.2, 0.25) is 0 Å². The molecule has 0 atom stereocenters. The highest BCUT2D eigenvalue weighted by molar-refractivity contribution is 7.98. The van der Waals surface area contributed by atoms with Crippen LogP contribution in [0.4, 0.5) is 0 Å². The van der Waals surface area contributed by atoms with Crippen molar-refractivity contribution >= 4 is 22.7 Å². The third kappa shape index (κ3) is 2.39. The lowest BCUT2D eigenvalue weighted by Gasteiger charge is -2.05. The van der Waals surface area contributed by atoms with Gasteiger partial charge in [0.15, 0.2) is 0 Å². The van der Waals surface area contributed by atoms with Crippen molar-refractivity contribution in [3.8, 4) is 0 Å². The molecule has 0 bridgehead atoms. The molecule has 1 heterocycles. The zero-order valence-corrected chi connectivity index (χ0v) is 10.7. The summed E-state index contributed by atoms with van der Waals surface area (Å²) < 4.78 is 0. The first kappa shape index (κ1) is 11.3. The van der Waals surface area contributed by atoms with Gasteiger partial charge in [-0.3, -0.25) is 4.98 Å². The lowest BCUT2D eigenvalue weighted by Crippen LogP contribution is -1.86. The summed E-state index contributed by atoms with van der Waals surface area (Å²) in [6.07, 6.45) is 1.86. The Bertz CT molecular complexity index is 644. The normalized spacial score (nSPS) is 10.7. The zero-order chi connectivity index (χ0) is 12.2. The quantitative estimate of drug-likeness (QED) is 0.634. The van der Waals surface area contributed by atoms with E-state index in [4.69, 9.17) is 0 Å². The maximum atomic E-state index is 4.48. The van der Waals surface area contributed by atoms with E-state index < -0.39 is 0 Å². The van der Waals surface area contributed by atoms with Crippen LogP contribution in [0.3, 0.4) is 0 Å². The first-order valence-corrected chi connectivity index (χ1v) is 6.92. The van der Waals surface area contributed by atoms with Crippen molar-refractivity contribution in [3.63, 3.8) is 0 Å². The monoisotopic (exact) mass is 251 g/mol. The Balaban J connectivity index is 1.87. The summed E-state index contributed by atoms with van der Waals surface area (Å²) >= 11 is 1.85. The highest BCUT2D eigenvalue weighted by Gasteiger charge is 2.02. The summed E-state index contributed by atoms with van der Waals surface area (Å²) in [5, 5.41) is 1.21. The summed E-state index contributed by atoms with van der Waals surface area (Å²) in [6.45, 7) is 0. The summed E-state index contributed by atoms with van der Waals surface area (Å²) in [5.74, 6) is 0.957. The molecule has 2 heteroatoms. The van der Waals surface area contributed by atoms with Crippen LogP contribution in [0.5, 0.6) is 0 Å². The topological polar surface area (TPSA) is 12.9 Å². The van der Waals surface area contributed by atoms with Gasteiger partial charge in [-0.15, -0.1) is 11.8 Å². The third-order valence-corrected chi connectivity index (χ3v) is 3.91. The van der Waals surface area contributed by atoms with Gasteiger partial charge in [0.2, 0.25) is 0 Å². The number of hydrogen-bond acceptors (Lipinski definition) is 2. The van der Waals surface area contributed by atoms with E-state index in [0.717, 1.165) is 11.3 Å². The van der Waals surface area contributed by atoms with E-state index in [0.29, 0.717) is 0 Å². The average Bonchev–Trinajstić information content (AvgIpc) is 2.46. The molecule has 0 unspecified atom stereocenters. The molecule has 0 saturated heterocycles. The van der Waals surface area contributed by atoms with Crippen molar-refractivity contribution in [1.82, 2.24) is 4.98 Å². The maximum absolute atomic E-state index is 4.48. The summed E-state index contributed by atoms with van der Waals surface area (Å²) in [6, 6.07) is 20.9. The van der Waals surface area contributed by atoms with Crippen molar-refractivity contribution < 1.29 is 0 Å². The summed E-state index contributed by atoms with van der Waals surface area (Å²) in [4.78, 5) is 5.78. The Morgan fingerprint density at radius 2 is 1.67 bits per heavy atom. The lowest BCUT2D eigenvalue weighted by atomic mass is 10.1. The number of benzene rings is 2. The van der Waals surface area contributed by atoms with Crippen LogP contribution in [0, 0.1) is 0 Å². The van der Waals surface area contributed by atoms with Gasteiger partial charge in [0.25, 0.3) is 0 Å².